The topological polar surface area (TPSA) is 24.7 Å². The molecule has 4 heteroatoms. The molecule has 0 saturated carbocycles. The van der Waals surface area contributed by atoms with Crippen LogP contribution in [0.3, 0.4) is 0 Å². The molecule has 4 aromatic rings. The lowest BCUT2D eigenvalue weighted by Gasteiger charge is -2.16. The summed E-state index contributed by atoms with van der Waals surface area (Å²) in [6.45, 7) is 8.89. The molecular formula is C34H36Cl2N2. The summed E-state index contributed by atoms with van der Waals surface area (Å²) in [7, 11) is 0. The van der Waals surface area contributed by atoms with Gasteiger partial charge in [0.25, 0.3) is 0 Å². The Morgan fingerprint density at radius 1 is 0.553 bits per heavy atom. The van der Waals surface area contributed by atoms with Gasteiger partial charge in [-0.05, 0) is 120 Å². The number of rotatable bonds is 6. The van der Waals surface area contributed by atoms with Crippen LogP contribution in [-0.4, -0.2) is 12.1 Å². The molecule has 0 saturated heterocycles. The zero-order chi connectivity index (χ0) is 24.8. The maximum atomic E-state index is 4.82. The van der Waals surface area contributed by atoms with Gasteiger partial charge in [-0.3, -0.25) is 0 Å². The number of azo groups is 1. The number of benzene rings is 4. The Kier molecular flexibility index (Phi) is 8.45. The molecule has 0 aliphatic heterocycles. The summed E-state index contributed by atoms with van der Waals surface area (Å²) in [4.78, 5) is 0. The first-order chi connectivity index (χ1) is 17.5. The smallest absolute Gasteiger partial charge is 0.0720 e. The first kappa shape index (κ1) is 28.1. The lowest BCUT2D eigenvalue weighted by molar-refractivity contribution is 0.609. The third-order valence-electron chi connectivity index (χ3n) is 8.14. The highest BCUT2D eigenvalue weighted by Crippen LogP contribution is 2.41. The zero-order valence-electron chi connectivity index (χ0n) is 22.6. The molecule has 0 spiro atoms. The van der Waals surface area contributed by atoms with Crippen molar-refractivity contribution in [1.29, 1.82) is 0 Å². The Balaban J connectivity index is 0.00000168. The molecular weight excluding hydrogens is 507 g/mol. The van der Waals surface area contributed by atoms with Gasteiger partial charge in [0, 0.05) is 0 Å². The van der Waals surface area contributed by atoms with E-state index in [9.17, 15) is 0 Å². The van der Waals surface area contributed by atoms with E-state index in [1.165, 1.54) is 66.8 Å². The monoisotopic (exact) mass is 542 g/mol. The quantitative estimate of drug-likeness (QED) is 0.187. The number of halogens is 2. The van der Waals surface area contributed by atoms with E-state index in [2.05, 4.69) is 100 Å². The van der Waals surface area contributed by atoms with Gasteiger partial charge < -0.3 is 0 Å². The molecule has 0 aromatic heterocycles. The van der Waals surface area contributed by atoms with E-state index in [1.807, 2.05) is 0 Å². The number of nitrogens with zero attached hydrogens (tertiary/aromatic N) is 2. The molecule has 2 aliphatic carbocycles. The molecule has 0 bridgehead atoms. The van der Waals surface area contributed by atoms with Crippen molar-refractivity contribution < 1.29 is 0 Å². The van der Waals surface area contributed by atoms with Crippen LogP contribution in [0.4, 0.5) is 0 Å². The fourth-order valence-corrected chi connectivity index (χ4v) is 6.25. The molecule has 4 aromatic carbocycles. The predicted octanol–water partition coefficient (Wildman–Crippen LogP) is 9.30. The van der Waals surface area contributed by atoms with E-state index < -0.39 is 0 Å². The molecule has 38 heavy (non-hydrogen) atoms. The number of hydrogen-bond donors (Lipinski definition) is 0. The van der Waals surface area contributed by atoms with Gasteiger partial charge in [0.2, 0.25) is 0 Å². The van der Waals surface area contributed by atoms with Crippen LogP contribution < -0.4 is 0 Å². The Morgan fingerprint density at radius 2 is 0.947 bits per heavy atom. The van der Waals surface area contributed by atoms with Crippen molar-refractivity contribution in [2.45, 2.75) is 65.5 Å². The van der Waals surface area contributed by atoms with E-state index in [4.69, 9.17) is 10.2 Å². The van der Waals surface area contributed by atoms with Crippen molar-refractivity contribution in [3.8, 4) is 22.3 Å². The maximum Gasteiger partial charge on any atom is 0.0720 e. The number of aryl methyl sites for hydroxylation is 2. The standard InChI is InChI=1S/C34H34N2.2ClH/c1-21-13-15-29-27-11-7-5-9-25(27)19-33(29)31(21)17-23(3)35-36-24(4)18-32-22(2)14-16-30-28-12-8-6-10-26(28)20-34(30)32;;/h5-16,23-24H,17-20H2,1-4H3;2*1H. The normalized spacial score (nSPS) is 14.1. The van der Waals surface area contributed by atoms with Crippen LogP contribution in [0.25, 0.3) is 22.3 Å². The minimum absolute atomic E-state index is 0. The fourth-order valence-electron chi connectivity index (χ4n) is 6.25. The van der Waals surface area contributed by atoms with E-state index in [0.717, 1.165) is 25.7 Å². The van der Waals surface area contributed by atoms with E-state index >= 15 is 0 Å². The molecule has 0 fully saturated rings. The lowest BCUT2D eigenvalue weighted by atomic mass is 9.92. The van der Waals surface area contributed by atoms with Crippen LogP contribution in [0.15, 0.2) is 83.0 Å². The van der Waals surface area contributed by atoms with Gasteiger partial charge >= 0.3 is 0 Å². The molecule has 2 nitrogen and oxygen atoms in total. The second-order valence-corrected chi connectivity index (χ2v) is 10.8. The highest BCUT2D eigenvalue weighted by molar-refractivity contribution is 5.85. The Bertz CT molecular complexity index is 1390. The van der Waals surface area contributed by atoms with Crippen LogP contribution in [0.1, 0.15) is 58.4 Å². The van der Waals surface area contributed by atoms with Crippen molar-refractivity contribution in [3.63, 3.8) is 0 Å². The van der Waals surface area contributed by atoms with Crippen molar-refractivity contribution in [2.24, 2.45) is 10.2 Å². The largest absolute Gasteiger partial charge is 0.190 e. The highest BCUT2D eigenvalue weighted by atomic mass is 35.5. The molecule has 0 heterocycles. The van der Waals surface area contributed by atoms with Crippen molar-refractivity contribution in [2.75, 3.05) is 0 Å². The van der Waals surface area contributed by atoms with Crippen LogP contribution >= 0.6 is 24.8 Å². The summed E-state index contributed by atoms with van der Waals surface area (Å²) in [5.41, 5.74) is 17.1. The summed E-state index contributed by atoms with van der Waals surface area (Å²) < 4.78 is 0. The Morgan fingerprint density at radius 3 is 1.37 bits per heavy atom. The van der Waals surface area contributed by atoms with Crippen LogP contribution in [0.2, 0.25) is 0 Å². The first-order valence-corrected chi connectivity index (χ1v) is 13.3. The van der Waals surface area contributed by atoms with Gasteiger partial charge in [0.15, 0.2) is 0 Å². The van der Waals surface area contributed by atoms with Gasteiger partial charge in [0.05, 0.1) is 12.1 Å². The average molecular weight is 544 g/mol. The van der Waals surface area contributed by atoms with Gasteiger partial charge in [-0.15, -0.1) is 24.8 Å². The van der Waals surface area contributed by atoms with Gasteiger partial charge in [-0.1, -0.05) is 72.8 Å². The summed E-state index contributed by atoms with van der Waals surface area (Å²) in [6.07, 6.45) is 3.94. The minimum atomic E-state index is 0. The van der Waals surface area contributed by atoms with Crippen LogP contribution in [-0.2, 0) is 25.7 Å². The number of fused-ring (bicyclic) bond motifs is 6. The molecule has 2 aliphatic rings. The van der Waals surface area contributed by atoms with Gasteiger partial charge in [-0.2, -0.15) is 10.2 Å². The third kappa shape index (κ3) is 5.05. The van der Waals surface area contributed by atoms with Crippen molar-refractivity contribution in [3.05, 3.63) is 117 Å². The molecule has 196 valence electrons. The zero-order valence-corrected chi connectivity index (χ0v) is 24.3. The summed E-state index contributed by atoms with van der Waals surface area (Å²) in [6, 6.07) is 27.1. The molecule has 0 N–H and O–H groups in total. The number of hydrogen-bond acceptors (Lipinski definition) is 2. The Labute approximate surface area is 239 Å². The Hall–Kier alpha value is -2.94. The fraction of sp³-hybridized carbons (Fsp3) is 0.294. The van der Waals surface area contributed by atoms with E-state index in [1.54, 1.807) is 0 Å². The van der Waals surface area contributed by atoms with E-state index in [-0.39, 0.29) is 36.9 Å². The molecule has 0 amide bonds. The van der Waals surface area contributed by atoms with Crippen LogP contribution in [0.5, 0.6) is 0 Å². The molecule has 6 rings (SSSR count). The molecule has 0 radical (unpaired) electrons. The summed E-state index contributed by atoms with van der Waals surface area (Å²) in [5.74, 6) is 0. The lowest BCUT2D eigenvalue weighted by Crippen LogP contribution is -2.10. The van der Waals surface area contributed by atoms with Crippen LogP contribution in [0, 0.1) is 13.8 Å². The maximum absolute atomic E-state index is 4.82. The molecule has 2 unspecified atom stereocenters. The summed E-state index contributed by atoms with van der Waals surface area (Å²) in [5, 5.41) is 9.64. The van der Waals surface area contributed by atoms with Crippen molar-refractivity contribution in [1.82, 2.24) is 0 Å². The first-order valence-electron chi connectivity index (χ1n) is 13.3. The SMILES string of the molecule is Cc1ccc2c(c1CC(C)N=NC(C)Cc1c(C)ccc3c1Cc1ccccc1-3)Cc1ccccc1-2.Cl.Cl. The minimum Gasteiger partial charge on any atom is -0.190 e. The van der Waals surface area contributed by atoms with Gasteiger partial charge in [0.1, 0.15) is 0 Å². The third-order valence-corrected chi connectivity index (χ3v) is 8.14. The summed E-state index contributed by atoms with van der Waals surface area (Å²) >= 11 is 0. The highest BCUT2D eigenvalue weighted by Gasteiger charge is 2.24. The average Bonchev–Trinajstić information content (AvgIpc) is 3.45. The van der Waals surface area contributed by atoms with E-state index in [0.29, 0.717) is 0 Å². The molecule has 2 atom stereocenters. The second kappa shape index (κ2) is 11.4. The predicted molar refractivity (Wildman–Crippen MR) is 165 cm³/mol. The van der Waals surface area contributed by atoms with Crippen molar-refractivity contribution >= 4 is 24.8 Å². The van der Waals surface area contributed by atoms with Gasteiger partial charge in [-0.25, -0.2) is 0 Å². The second-order valence-electron chi connectivity index (χ2n) is 10.8.